The fourth-order valence-electron chi connectivity index (χ4n) is 6.87. The molecular weight excluding hydrogens is 622 g/mol. The van der Waals surface area contributed by atoms with Crippen molar-refractivity contribution < 1.29 is 9.13 Å². The molecule has 4 heteroatoms. The van der Waals surface area contributed by atoms with Gasteiger partial charge in [-0.25, -0.2) is 0 Å². The van der Waals surface area contributed by atoms with E-state index in [0.717, 1.165) is 48.6 Å². The fourth-order valence-corrected chi connectivity index (χ4v) is 12.6. The van der Waals surface area contributed by atoms with Crippen LogP contribution in [0.3, 0.4) is 0 Å². The Bertz CT molecular complexity index is 2230. The van der Waals surface area contributed by atoms with E-state index in [1.165, 1.54) is 0 Å². The maximum Gasteiger partial charge on any atom is 0.172 e. The van der Waals surface area contributed by atoms with Crippen molar-refractivity contribution in [1.29, 1.82) is 0 Å². The molecule has 0 aliphatic heterocycles. The lowest BCUT2D eigenvalue weighted by molar-refractivity contribution is 0.591. The summed E-state index contributed by atoms with van der Waals surface area (Å²) in [6, 6.07) is 65.3. The van der Waals surface area contributed by atoms with Crippen LogP contribution in [0.1, 0.15) is 0 Å². The third kappa shape index (κ3) is 4.84. The zero-order valence-corrected chi connectivity index (χ0v) is 27.8. The molecule has 8 aromatic carbocycles. The molecule has 2 nitrogen and oxygen atoms in total. The summed E-state index contributed by atoms with van der Waals surface area (Å²) in [5.74, 6) is 0. The van der Waals surface area contributed by atoms with Crippen molar-refractivity contribution in [2.24, 2.45) is 0 Å². The number of fused-ring (bicyclic) bond motifs is 2. The Morgan fingerprint density at radius 2 is 0.750 bits per heavy atom. The molecule has 8 aromatic rings. The SMILES string of the molecule is O=P(c1cc#ccc1)(c1ccccc1)c1ccc2ccccc2c1-c1c(P(=O)(c2ccccc2)c2ccccc2)ccc2ccccc12. The summed E-state index contributed by atoms with van der Waals surface area (Å²) in [6.07, 6.45) is 0. The Labute approximate surface area is 281 Å². The van der Waals surface area contributed by atoms with Gasteiger partial charge in [-0.05, 0) is 51.9 Å². The van der Waals surface area contributed by atoms with Crippen molar-refractivity contribution >= 4 is 67.7 Å². The third-order valence-electron chi connectivity index (χ3n) is 9.11. The van der Waals surface area contributed by atoms with Crippen molar-refractivity contribution in [3.8, 4) is 11.1 Å². The smallest absolute Gasteiger partial charge is 0.172 e. The summed E-state index contributed by atoms with van der Waals surface area (Å²) in [4.78, 5) is 0. The second-order valence-electron chi connectivity index (χ2n) is 11.8. The van der Waals surface area contributed by atoms with Crippen LogP contribution in [0, 0.1) is 12.1 Å². The van der Waals surface area contributed by atoms with Crippen LogP contribution in [0.25, 0.3) is 32.7 Å². The maximum atomic E-state index is 16.2. The molecular formula is C44H30O2P2. The molecule has 0 fully saturated rings. The second kappa shape index (κ2) is 12.3. The largest absolute Gasteiger partial charge is 0.309 e. The minimum Gasteiger partial charge on any atom is -0.309 e. The van der Waals surface area contributed by atoms with Crippen molar-refractivity contribution in [1.82, 2.24) is 0 Å². The van der Waals surface area contributed by atoms with Gasteiger partial charge in [0.05, 0.1) is 0 Å². The normalized spacial score (nSPS) is 11.8. The highest BCUT2D eigenvalue weighted by molar-refractivity contribution is 7.86. The molecule has 0 saturated heterocycles. The Kier molecular flexibility index (Phi) is 7.67. The Morgan fingerprint density at radius 1 is 0.354 bits per heavy atom. The second-order valence-corrected chi connectivity index (χ2v) is 17.2. The van der Waals surface area contributed by atoms with Gasteiger partial charge in [-0.3, -0.25) is 0 Å². The highest BCUT2D eigenvalue weighted by Gasteiger charge is 2.38. The molecule has 0 saturated carbocycles. The molecule has 0 aliphatic rings. The van der Waals surface area contributed by atoms with E-state index in [2.05, 4.69) is 48.5 Å². The first-order valence-corrected chi connectivity index (χ1v) is 19.3. The fraction of sp³-hybridized carbons (Fsp3) is 0. The first kappa shape index (κ1) is 29.9. The van der Waals surface area contributed by atoms with Gasteiger partial charge in [0, 0.05) is 43.0 Å². The van der Waals surface area contributed by atoms with Crippen molar-refractivity contribution in [3.05, 3.63) is 194 Å². The van der Waals surface area contributed by atoms with Gasteiger partial charge in [0.15, 0.2) is 14.3 Å². The lowest BCUT2D eigenvalue weighted by atomic mass is 9.93. The van der Waals surface area contributed by atoms with E-state index in [1.807, 2.05) is 133 Å². The van der Waals surface area contributed by atoms with E-state index < -0.39 is 14.3 Å². The van der Waals surface area contributed by atoms with Gasteiger partial charge in [0.2, 0.25) is 0 Å². The van der Waals surface area contributed by atoms with Gasteiger partial charge >= 0.3 is 0 Å². The molecule has 0 heterocycles. The van der Waals surface area contributed by atoms with Crippen molar-refractivity contribution in [2.45, 2.75) is 0 Å². The quantitative estimate of drug-likeness (QED) is 0.162. The first-order chi connectivity index (χ1) is 23.6. The molecule has 0 aliphatic carbocycles. The van der Waals surface area contributed by atoms with Crippen molar-refractivity contribution in [3.63, 3.8) is 0 Å². The molecule has 48 heavy (non-hydrogen) atoms. The minimum atomic E-state index is -3.52. The van der Waals surface area contributed by atoms with Gasteiger partial charge in [-0.15, -0.1) is 0 Å². The summed E-state index contributed by atoms with van der Waals surface area (Å²) in [7, 11) is -7.00. The molecule has 1 atom stereocenters. The predicted octanol–water partition coefficient (Wildman–Crippen LogP) is 8.54. The van der Waals surface area contributed by atoms with E-state index in [0.29, 0.717) is 15.9 Å². The summed E-state index contributed by atoms with van der Waals surface area (Å²) < 4.78 is 32.4. The summed E-state index contributed by atoms with van der Waals surface area (Å²) >= 11 is 0. The van der Waals surface area contributed by atoms with E-state index in [9.17, 15) is 0 Å². The van der Waals surface area contributed by atoms with E-state index in [1.54, 1.807) is 12.1 Å². The standard InChI is InChI=1S/C44H30O2P2/c45-47(35-19-5-1-6-20-35,36-21-7-2-8-22-36)41-31-29-33-17-13-15-27-39(33)43(41)44-40-28-16-14-18-34(40)30-32-42(44)48(46,37-23-9-3-10-24-37)38-25-11-4-12-26-38/h1-3,5-11,13-32H. The van der Waals surface area contributed by atoms with Crippen molar-refractivity contribution in [2.75, 3.05) is 0 Å². The van der Waals surface area contributed by atoms with Gasteiger partial charge in [-0.1, -0.05) is 164 Å². The zero-order chi connectivity index (χ0) is 32.6. The number of hydrogen-bond donors (Lipinski definition) is 0. The van der Waals surface area contributed by atoms with Crippen LogP contribution in [0.5, 0.6) is 0 Å². The Hall–Kier alpha value is -5.44. The molecule has 1 unspecified atom stereocenters. The zero-order valence-electron chi connectivity index (χ0n) is 26.0. The summed E-state index contributed by atoms with van der Waals surface area (Å²) in [5.41, 5.74) is 1.66. The average molecular weight is 653 g/mol. The van der Waals surface area contributed by atoms with E-state index in [4.69, 9.17) is 0 Å². The van der Waals surface area contributed by atoms with Crippen LogP contribution in [-0.2, 0) is 9.13 Å². The van der Waals surface area contributed by atoms with Gasteiger partial charge in [0.1, 0.15) is 0 Å². The Balaban J connectivity index is 1.59. The predicted molar refractivity (Wildman–Crippen MR) is 203 cm³/mol. The van der Waals surface area contributed by atoms with E-state index >= 15 is 9.13 Å². The van der Waals surface area contributed by atoms with Crippen LogP contribution >= 0.6 is 14.3 Å². The van der Waals surface area contributed by atoms with E-state index in [-0.39, 0.29) is 0 Å². The molecule has 0 amide bonds. The van der Waals surface area contributed by atoms with Crippen LogP contribution in [0.15, 0.2) is 182 Å². The first-order valence-electron chi connectivity index (χ1n) is 15.9. The number of hydrogen-bond acceptors (Lipinski definition) is 2. The van der Waals surface area contributed by atoms with Crippen LogP contribution in [0.4, 0.5) is 0 Å². The molecule has 0 aromatic heterocycles. The number of benzene rings is 7. The number of rotatable bonds is 7. The monoisotopic (exact) mass is 652 g/mol. The van der Waals surface area contributed by atoms with Crippen LogP contribution in [-0.4, -0.2) is 0 Å². The summed E-state index contributed by atoms with van der Waals surface area (Å²) in [5, 5.41) is 8.20. The topological polar surface area (TPSA) is 34.1 Å². The molecule has 8 rings (SSSR count). The van der Waals surface area contributed by atoms with Gasteiger partial charge in [0.25, 0.3) is 0 Å². The molecule has 0 radical (unpaired) electrons. The third-order valence-corrected chi connectivity index (χ3v) is 15.3. The summed E-state index contributed by atoms with van der Waals surface area (Å²) in [6.45, 7) is 0. The highest BCUT2D eigenvalue weighted by Crippen LogP contribution is 2.51. The lowest BCUT2D eigenvalue weighted by Gasteiger charge is -2.28. The molecule has 0 spiro atoms. The maximum absolute atomic E-state index is 16.2. The van der Waals surface area contributed by atoms with Gasteiger partial charge < -0.3 is 9.13 Å². The molecule has 0 N–H and O–H groups in total. The molecule has 0 bridgehead atoms. The lowest BCUT2D eigenvalue weighted by Crippen LogP contribution is -2.30. The molecule has 228 valence electrons. The van der Waals surface area contributed by atoms with Crippen LogP contribution < -0.4 is 31.8 Å². The Morgan fingerprint density at radius 3 is 1.17 bits per heavy atom. The van der Waals surface area contributed by atoms with Gasteiger partial charge in [-0.2, -0.15) is 0 Å². The van der Waals surface area contributed by atoms with Crippen LogP contribution in [0.2, 0.25) is 0 Å². The average Bonchev–Trinajstić information content (AvgIpc) is 3.18. The minimum absolute atomic E-state index is 0.667. The highest BCUT2D eigenvalue weighted by atomic mass is 31.2.